The molecule has 1 aromatic rings. The van der Waals surface area contributed by atoms with Crippen LogP contribution in [-0.4, -0.2) is 7.11 Å². The van der Waals surface area contributed by atoms with Crippen LogP contribution in [0.3, 0.4) is 0 Å². The molecule has 4 heteroatoms. The Balaban J connectivity index is 3.46. The fraction of sp³-hybridized carbons (Fsp3) is 0.462. The van der Waals surface area contributed by atoms with E-state index in [-0.39, 0.29) is 11.5 Å². The van der Waals surface area contributed by atoms with Crippen LogP contribution in [0.1, 0.15) is 36.5 Å². The molecule has 0 saturated carbocycles. The Morgan fingerprint density at radius 2 is 1.94 bits per heavy atom. The molecular formula is C13H15F2NO. The zero-order chi connectivity index (χ0) is 13.2. The van der Waals surface area contributed by atoms with E-state index in [1.54, 1.807) is 13.0 Å². The molecule has 0 aliphatic heterocycles. The lowest BCUT2D eigenvalue weighted by Crippen LogP contribution is -2.13. The van der Waals surface area contributed by atoms with E-state index >= 15 is 0 Å². The molecule has 0 aliphatic rings. The summed E-state index contributed by atoms with van der Waals surface area (Å²) in [6.07, 6.45) is 0. The SMILES string of the molecule is COc1cc(C)c(C(F)(F)C#N)cc1C(C)C. The van der Waals surface area contributed by atoms with Crippen molar-refractivity contribution in [3.8, 4) is 11.8 Å². The summed E-state index contributed by atoms with van der Waals surface area (Å²) in [5.41, 5.74) is 0.797. The number of benzene rings is 1. The number of methoxy groups -OCH3 is 1. The summed E-state index contributed by atoms with van der Waals surface area (Å²) in [4.78, 5) is 0. The lowest BCUT2D eigenvalue weighted by Gasteiger charge is -2.18. The van der Waals surface area contributed by atoms with E-state index in [9.17, 15) is 8.78 Å². The fourth-order valence-electron chi connectivity index (χ4n) is 1.72. The van der Waals surface area contributed by atoms with E-state index in [1.165, 1.54) is 13.2 Å². The van der Waals surface area contributed by atoms with Crippen molar-refractivity contribution in [3.05, 3.63) is 28.8 Å². The molecule has 0 aromatic heterocycles. The normalized spacial score (nSPS) is 11.4. The van der Waals surface area contributed by atoms with E-state index < -0.39 is 5.92 Å². The Hall–Kier alpha value is -1.63. The second kappa shape index (κ2) is 4.70. The number of ether oxygens (including phenoxy) is 1. The van der Waals surface area contributed by atoms with E-state index in [0.717, 1.165) is 6.07 Å². The molecule has 2 nitrogen and oxygen atoms in total. The smallest absolute Gasteiger partial charge is 0.357 e. The lowest BCUT2D eigenvalue weighted by atomic mass is 9.94. The third-order valence-corrected chi connectivity index (χ3v) is 2.68. The lowest BCUT2D eigenvalue weighted by molar-refractivity contribution is 0.0604. The van der Waals surface area contributed by atoms with Crippen LogP contribution in [0.5, 0.6) is 5.75 Å². The second-order valence-electron chi connectivity index (χ2n) is 4.25. The Morgan fingerprint density at radius 3 is 2.35 bits per heavy atom. The van der Waals surface area contributed by atoms with Gasteiger partial charge in [0.15, 0.2) is 0 Å². The van der Waals surface area contributed by atoms with Crippen molar-refractivity contribution in [2.75, 3.05) is 7.11 Å². The van der Waals surface area contributed by atoms with Gasteiger partial charge in [-0.2, -0.15) is 14.0 Å². The van der Waals surface area contributed by atoms with Crippen LogP contribution >= 0.6 is 0 Å². The molecule has 92 valence electrons. The molecule has 1 rings (SSSR count). The third-order valence-electron chi connectivity index (χ3n) is 2.68. The number of hydrogen-bond acceptors (Lipinski definition) is 2. The molecule has 0 heterocycles. The van der Waals surface area contributed by atoms with Gasteiger partial charge in [-0.1, -0.05) is 13.8 Å². The van der Waals surface area contributed by atoms with Crippen LogP contribution in [0.25, 0.3) is 0 Å². The molecule has 0 radical (unpaired) electrons. The first kappa shape index (κ1) is 13.4. The van der Waals surface area contributed by atoms with Crippen molar-refractivity contribution in [3.63, 3.8) is 0 Å². The predicted molar refractivity (Wildman–Crippen MR) is 61.3 cm³/mol. The maximum Gasteiger partial charge on any atom is 0.357 e. The number of aryl methyl sites for hydroxylation is 1. The molecule has 0 fully saturated rings. The monoisotopic (exact) mass is 239 g/mol. The number of halogens is 2. The van der Waals surface area contributed by atoms with E-state index in [0.29, 0.717) is 16.9 Å². The summed E-state index contributed by atoms with van der Waals surface area (Å²) in [5.74, 6) is -2.83. The zero-order valence-electron chi connectivity index (χ0n) is 10.3. The van der Waals surface area contributed by atoms with Gasteiger partial charge in [-0.3, -0.25) is 0 Å². The topological polar surface area (TPSA) is 33.0 Å². The maximum atomic E-state index is 13.4. The first-order valence-corrected chi connectivity index (χ1v) is 5.31. The van der Waals surface area contributed by atoms with Crippen molar-refractivity contribution in [2.24, 2.45) is 0 Å². The molecule has 17 heavy (non-hydrogen) atoms. The zero-order valence-corrected chi connectivity index (χ0v) is 10.3. The van der Waals surface area contributed by atoms with Gasteiger partial charge in [0.25, 0.3) is 0 Å². The van der Waals surface area contributed by atoms with Gasteiger partial charge in [-0.25, -0.2) is 0 Å². The van der Waals surface area contributed by atoms with E-state index in [4.69, 9.17) is 10.00 Å². The van der Waals surface area contributed by atoms with Gasteiger partial charge in [-0.15, -0.1) is 0 Å². The van der Waals surface area contributed by atoms with Gasteiger partial charge in [0.1, 0.15) is 11.8 Å². The highest BCUT2D eigenvalue weighted by Crippen LogP contribution is 2.36. The van der Waals surface area contributed by atoms with Gasteiger partial charge in [-0.05, 0) is 36.1 Å². The summed E-state index contributed by atoms with van der Waals surface area (Å²) >= 11 is 0. The number of hydrogen-bond donors (Lipinski definition) is 0. The number of alkyl halides is 2. The number of nitrogens with zero attached hydrogens (tertiary/aromatic N) is 1. The van der Waals surface area contributed by atoms with Crippen molar-refractivity contribution >= 4 is 0 Å². The van der Waals surface area contributed by atoms with Gasteiger partial charge in [0.2, 0.25) is 0 Å². The molecule has 0 aliphatic carbocycles. The minimum absolute atomic E-state index is 0.0544. The highest BCUT2D eigenvalue weighted by Gasteiger charge is 2.34. The van der Waals surface area contributed by atoms with Crippen molar-refractivity contribution in [2.45, 2.75) is 32.6 Å². The Morgan fingerprint density at radius 1 is 1.35 bits per heavy atom. The fourth-order valence-corrected chi connectivity index (χ4v) is 1.72. The highest BCUT2D eigenvalue weighted by molar-refractivity contribution is 5.46. The first-order chi connectivity index (χ1) is 7.83. The largest absolute Gasteiger partial charge is 0.496 e. The highest BCUT2D eigenvalue weighted by atomic mass is 19.3. The standard InChI is InChI=1S/C13H15F2NO/c1-8(2)10-6-11(13(14,15)7-16)9(3)5-12(10)17-4/h5-6,8H,1-4H3. The molecule has 0 atom stereocenters. The molecule has 0 unspecified atom stereocenters. The first-order valence-electron chi connectivity index (χ1n) is 5.31. The molecular weight excluding hydrogens is 224 g/mol. The van der Waals surface area contributed by atoms with Crippen LogP contribution in [0.15, 0.2) is 12.1 Å². The minimum Gasteiger partial charge on any atom is -0.496 e. The van der Waals surface area contributed by atoms with Gasteiger partial charge in [0, 0.05) is 5.56 Å². The maximum absolute atomic E-state index is 13.4. The molecule has 0 saturated heterocycles. The van der Waals surface area contributed by atoms with Gasteiger partial charge >= 0.3 is 5.92 Å². The molecule has 0 N–H and O–H groups in total. The van der Waals surface area contributed by atoms with Crippen LogP contribution in [-0.2, 0) is 5.92 Å². The predicted octanol–water partition coefficient (Wildman–Crippen LogP) is 3.74. The average Bonchev–Trinajstić information content (AvgIpc) is 2.27. The van der Waals surface area contributed by atoms with Crippen molar-refractivity contribution in [1.29, 1.82) is 5.26 Å². The number of rotatable bonds is 3. The molecule has 0 bridgehead atoms. The summed E-state index contributed by atoms with van der Waals surface area (Å²) in [7, 11) is 1.50. The van der Waals surface area contributed by atoms with Crippen molar-refractivity contribution < 1.29 is 13.5 Å². The van der Waals surface area contributed by atoms with E-state index in [2.05, 4.69) is 0 Å². The Bertz CT molecular complexity index is 461. The molecule has 1 aromatic carbocycles. The van der Waals surface area contributed by atoms with Crippen LogP contribution in [0.2, 0.25) is 0 Å². The van der Waals surface area contributed by atoms with E-state index in [1.807, 2.05) is 13.8 Å². The summed E-state index contributed by atoms with van der Waals surface area (Å²) in [5, 5.41) is 8.50. The third kappa shape index (κ3) is 2.55. The van der Waals surface area contributed by atoms with Crippen LogP contribution in [0.4, 0.5) is 8.78 Å². The van der Waals surface area contributed by atoms with Gasteiger partial charge in [0.05, 0.1) is 7.11 Å². The van der Waals surface area contributed by atoms with Crippen molar-refractivity contribution in [1.82, 2.24) is 0 Å². The van der Waals surface area contributed by atoms with Gasteiger partial charge < -0.3 is 4.74 Å². The van der Waals surface area contributed by atoms with Crippen LogP contribution < -0.4 is 4.74 Å². The summed E-state index contributed by atoms with van der Waals surface area (Å²) in [6, 6.07) is 3.94. The quantitative estimate of drug-likeness (QED) is 0.804. The minimum atomic E-state index is -3.46. The number of nitriles is 1. The molecule has 0 amide bonds. The summed E-state index contributed by atoms with van der Waals surface area (Å²) in [6.45, 7) is 5.33. The van der Waals surface area contributed by atoms with Crippen LogP contribution in [0, 0.1) is 18.3 Å². The molecule has 0 spiro atoms. The summed E-state index contributed by atoms with van der Waals surface area (Å²) < 4.78 is 32.0. The Labute approximate surface area is 99.8 Å². The Kier molecular flexibility index (Phi) is 3.72. The second-order valence-corrected chi connectivity index (χ2v) is 4.25. The average molecular weight is 239 g/mol.